The van der Waals surface area contributed by atoms with Gasteiger partial charge in [-0.3, -0.25) is 4.79 Å². The van der Waals surface area contributed by atoms with Gasteiger partial charge in [-0.25, -0.2) is 0 Å². The fourth-order valence-electron chi connectivity index (χ4n) is 3.07. The number of amides is 1. The average molecular weight is 360 g/mol. The van der Waals surface area contributed by atoms with Crippen LogP contribution >= 0.6 is 23.4 Å². The summed E-state index contributed by atoms with van der Waals surface area (Å²) in [6.45, 7) is 2.05. The highest BCUT2D eigenvalue weighted by atomic mass is 35.5. The summed E-state index contributed by atoms with van der Waals surface area (Å²) in [6, 6.07) is 14.3. The van der Waals surface area contributed by atoms with Crippen molar-refractivity contribution in [2.45, 2.75) is 43.5 Å². The molecular weight excluding hydrogens is 338 g/mol. The van der Waals surface area contributed by atoms with E-state index in [9.17, 15) is 4.79 Å². The number of nitrogens with one attached hydrogen (secondary N) is 1. The van der Waals surface area contributed by atoms with Crippen molar-refractivity contribution in [2.75, 3.05) is 5.75 Å². The molecule has 1 atom stereocenters. The van der Waals surface area contributed by atoms with Crippen LogP contribution in [0.15, 0.2) is 47.4 Å². The molecule has 0 saturated heterocycles. The van der Waals surface area contributed by atoms with Gasteiger partial charge in [-0.1, -0.05) is 29.8 Å². The highest BCUT2D eigenvalue weighted by Crippen LogP contribution is 2.25. The van der Waals surface area contributed by atoms with E-state index in [0.717, 1.165) is 11.3 Å². The summed E-state index contributed by atoms with van der Waals surface area (Å²) in [5.74, 6) is 0.469. The quantitative estimate of drug-likeness (QED) is 0.744. The van der Waals surface area contributed by atoms with E-state index in [0.29, 0.717) is 10.8 Å². The summed E-state index contributed by atoms with van der Waals surface area (Å²) in [7, 11) is 0. The van der Waals surface area contributed by atoms with Crippen molar-refractivity contribution >= 4 is 29.3 Å². The number of carbonyl (C=O) groups excluding carboxylic acids is 1. The third-order valence-corrected chi connectivity index (χ3v) is 5.70. The summed E-state index contributed by atoms with van der Waals surface area (Å²) in [5, 5.41) is 3.81. The standard InChI is InChI=1S/C20H22ClNOS/c1-14(16-7-6-15-4-2-3-5-17(15)12-16)22-20(23)13-24-19-10-8-18(21)9-11-19/h6-12,14H,2-5,13H2,1H3,(H,22,23)/t14-/m1/s1. The predicted molar refractivity (Wildman–Crippen MR) is 102 cm³/mol. The van der Waals surface area contributed by atoms with E-state index in [1.807, 2.05) is 24.3 Å². The van der Waals surface area contributed by atoms with Crippen molar-refractivity contribution in [2.24, 2.45) is 0 Å². The molecule has 0 aliphatic heterocycles. The number of hydrogen-bond acceptors (Lipinski definition) is 2. The molecule has 0 spiro atoms. The summed E-state index contributed by atoms with van der Waals surface area (Å²) in [5.41, 5.74) is 4.12. The zero-order chi connectivity index (χ0) is 16.9. The van der Waals surface area contributed by atoms with Crippen LogP contribution in [0.3, 0.4) is 0 Å². The van der Waals surface area contributed by atoms with E-state index in [1.54, 1.807) is 0 Å². The number of carbonyl (C=O) groups is 1. The lowest BCUT2D eigenvalue weighted by molar-refractivity contribution is -0.119. The van der Waals surface area contributed by atoms with Gasteiger partial charge in [0.25, 0.3) is 0 Å². The van der Waals surface area contributed by atoms with E-state index in [4.69, 9.17) is 11.6 Å². The minimum absolute atomic E-state index is 0.0375. The first-order valence-corrected chi connectivity index (χ1v) is 9.77. The van der Waals surface area contributed by atoms with Gasteiger partial charge in [0.1, 0.15) is 0 Å². The van der Waals surface area contributed by atoms with Gasteiger partial charge in [0.15, 0.2) is 0 Å². The Bertz CT molecular complexity index is 714. The molecule has 1 aliphatic carbocycles. The third kappa shape index (κ3) is 4.55. The smallest absolute Gasteiger partial charge is 0.230 e. The van der Waals surface area contributed by atoms with Gasteiger partial charge in [0.2, 0.25) is 5.91 Å². The van der Waals surface area contributed by atoms with Crippen molar-refractivity contribution in [3.8, 4) is 0 Å². The Hall–Kier alpha value is -1.45. The summed E-state index contributed by atoms with van der Waals surface area (Å²) in [6.07, 6.45) is 4.92. The average Bonchev–Trinajstić information content (AvgIpc) is 2.61. The molecule has 2 aromatic rings. The van der Waals surface area contributed by atoms with E-state index in [-0.39, 0.29) is 11.9 Å². The number of benzene rings is 2. The SMILES string of the molecule is C[C@@H](NC(=O)CSc1ccc(Cl)cc1)c1ccc2c(c1)CCCC2. The molecule has 126 valence electrons. The predicted octanol–water partition coefficient (Wildman–Crippen LogP) is 5.19. The second-order valence-electron chi connectivity index (χ2n) is 6.27. The van der Waals surface area contributed by atoms with Crippen LogP contribution in [0.5, 0.6) is 0 Å². The molecule has 1 amide bonds. The summed E-state index contributed by atoms with van der Waals surface area (Å²) < 4.78 is 0. The molecule has 1 N–H and O–H groups in total. The summed E-state index contributed by atoms with van der Waals surface area (Å²) >= 11 is 7.40. The van der Waals surface area contributed by atoms with Gasteiger partial charge < -0.3 is 5.32 Å². The van der Waals surface area contributed by atoms with Crippen LogP contribution in [0.2, 0.25) is 5.02 Å². The first-order valence-electron chi connectivity index (χ1n) is 8.41. The molecule has 4 heteroatoms. The Morgan fingerprint density at radius 1 is 1.12 bits per heavy atom. The molecule has 1 aliphatic rings. The van der Waals surface area contributed by atoms with Crippen molar-refractivity contribution in [3.05, 3.63) is 64.2 Å². The highest BCUT2D eigenvalue weighted by Gasteiger charge is 2.14. The number of hydrogen-bond donors (Lipinski definition) is 1. The molecule has 0 aromatic heterocycles. The molecule has 0 bridgehead atoms. The van der Waals surface area contributed by atoms with Crippen LogP contribution < -0.4 is 5.32 Å². The normalized spacial score (nSPS) is 14.8. The van der Waals surface area contributed by atoms with Crippen molar-refractivity contribution in [1.82, 2.24) is 5.32 Å². The van der Waals surface area contributed by atoms with Gasteiger partial charge >= 0.3 is 0 Å². The fourth-order valence-corrected chi connectivity index (χ4v) is 3.90. The highest BCUT2D eigenvalue weighted by molar-refractivity contribution is 8.00. The Morgan fingerprint density at radius 3 is 2.58 bits per heavy atom. The molecular formula is C20H22ClNOS. The van der Waals surface area contributed by atoms with Crippen LogP contribution in [-0.4, -0.2) is 11.7 Å². The minimum Gasteiger partial charge on any atom is -0.349 e. The van der Waals surface area contributed by atoms with Gasteiger partial charge in [0.05, 0.1) is 11.8 Å². The lowest BCUT2D eigenvalue weighted by Gasteiger charge is -2.20. The number of fused-ring (bicyclic) bond motifs is 1. The monoisotopic (exact) mass is 359 g/mol. The maximum Gasteiger partial charge on any atom is 0.230 e. The van der Waals surface area contributed by atoms with Crippen LogP contribution in [0.1, 0.15) is 42.5 Å². The van der Waals surface area contributed by atoms with Crippen LogP contribution in [0, 0.1) is 0 Å². The molecule has 0 heterocycles. The molecule has 2 nitrogen and oxygen atoms in total. The second kappa shape index (κ2) is 8.09. The fraction of sp³-hybridized carbons (Fsp3) is 0.350. The maximum absolute atomic E-state index is 12.2. The van der Waals surface area contributed by atoms with Crippen molar-refractivity contribution in [1.29, 1.82) is 0 Å². The topological polar surface area (TPSA) is 29.1 Å². The van der Waals surface area contributed by atoms with Crippen molar-refractivity contribution < 1.29 is 4.79 Å². The minimum atomic E-state index is 0.0375. The Morgan fingerprint density at radius 2 is 1.83 bits per heavy atom. The van der Waals surface area contributed by atoms with Crippen LogP contribution in [-0.2, 0) is 17.6 Å². The second-order valence-corrected chi connectivity index (χ2v) is 7.75. The largest absolute Gasteiger partial charge is 0.349 e. The molecule has 2 aromatic carbocycles. The molecule has 3 rings (SSSR count). The lowest BCUT2D eigenvalue weighted by Crippen LogP contribution is -2.28. The van der Waals surface area contributed by atoms with Gasteiger partial charge in [-0.15, -0.1) is 11.8 Å². The molecule has 0 radical (unpaired) electrons. The maximum atomic E-state index is 12.2. The zero-order valence-electron chi connectivity index (χ0n) is 13.8. The Labute approximate surface area is 153 Å². The summed E-state index contributed by atoms with van der Waals surface area (Å²) in [4.78, 5) is 13.2. The van der Waals surface area contributed by atoms with Crippen molar-refractivity contribution in [3.63, 3.8) is 0 Å². The number of halogens is 1. The number of thioether (sulfide) groups is 1. The van der Waals surface area contributed by atoms with Crippen LogP contribution in [0.25, 0.3) is 0 Å². The van der Waals surface area contributed by atoms with E-state index < -0.39 is 0 Å². The van der Waals surface area contributed by atoms with E-state index >= 15 is 0 Å². The van der Waals surface area contributed by atoms with Gasteiger partial charge in [-0.05, 0) is 73.6 Å². The van der Waals surface area contributed by atoms with Gasteiger partial charge in [0, 0.05) is 9.92 Å². The third-order valence-electron chi connectivity index (χ3n) is 4.43. The van der Waals surface area contributed by atoms with E-state index in [2.05, 4.69) is 30.4 Å². The molecule has 24 heavy (non-hydrogen) atoms. The van der Waals surface area contributed by atoms with Gasteiger partial charge in [-0.2, -0.15) is 0 Å². The molecule has 0 saturated carbocycles. The Balaban J connectivity index is 1.55. The number of rotatable bonds is 5. The Kier molecular flexibility index (Phi) is 5.85. The lowest BCUT2D eigenvalue weighted by atomic mass is 9.89. The van der Waals surface area contributed by atoms with E-state index in [1.165, 1.54) is 47.7 Å². The van der Waals surface area contributed by atoms with Crippen LogP contribution in [0.4, 0.5) is 0 Å². The zero-order valence-corrected chi connectivity index (χ0v) is 15.4. The first-order chi connectivity index (χ1) is 11.6. The molecule has 0 fully saturated rings. The number of aryl methyl sites for hydroxylation is 2. The first kappa shape index (κ1) is 17.4. The molecule has 0 unspecified atom stereocenters.